The van der Waals surface area contributed by atoms with Gasteiger partial charge in [-0.3, -0.25) is 9.89 Å². The Kier molecular flexibility index (Phi) is 9.18. The van der Waals surface area contributed by atoms with Crippen molar-refractivity contribution < 1.29 is 9.26 Å². The van der Waals surface area contributed by atoms with E-state index in [0.717, 1.165) is 61.2 Å². The summed E-state index contributed by atoms with van der Waals surface area (Å²) in [6.45, 7) is 8.78. The molecule has 0 aliphatic carbocycles. The van der Waals surface area contributed by atoms with Gasteiger partial charge in [-0.25, -0.2) is 0 Å². The highest BCUT2D eigenvalue weighted by molar-refractivity contribution is 6.31. The van der Waals surface area contributed by atoms with E-state index in [1.807, 2.05) is 24.3 Å². The first-order chi connectivity index (χ1) is 15.2. The van der Waals surface area contributed by atoms with Crippen molar-refractivity contribution in [3.8, 4) is 0 Å². The summed E-state index contributed by atoms with van der Waals surface area (Å²) < 4.78 is 11.1. The zero-order chi connectivity index (χ0) is 22.1. The number of morpholine rings is 1. The zero-order valence-electron chi connectivity index (χ0n) is 18.7. The lowest BCUT2D eigenvalue weighted by atomic mass is 9.99. The first-order valence-electron chi connectivity index (χ1n) is 11.1. The Labute approximate surface area is 190 Å². The molecule has 170 valence electrons. The Bertz CT molecular complexity index is 831. The van der Waals surface area contributed by atoms with E-state index in [1.54, 1.807) is 7.05 Å². The predicted molar refractivity (Wildman–Crippen MR) is 125 cm³/mol. The summed E-state index contributed by atoms with van der Waals surface area (Å²) in [7, 11) is 1.77. The van der Waals surface area contributed by atoms with Gasteiger partial charge in [-0.1, -0.05) is 48.8 Å². The molecule has 1 aromatic heterocycles. The highest BCUT2D eigenvalue weighted by Gasteiger charge is 2.24. The molecule has 1 atom stereocenters. The van der Waals surface area contributed by atoms with Crippen LogP contribution in [0.4, 0.5) is 0 Å². The molecule has 0 radical (unpaired) electrons. The SMILES string of the molecule is CCC(CC)c1cc(CNC(=NC)NCC(c2ccccc2Cl)N2CCOCC2)on1. The number of halogens is 1. The maximum Gasteiger partial charge on any atom is 0.191 e. The van der Waals surface area contributed by atoms with Crippen molar-refractivity contribution in [2.24, 2.45) is 4.99 Å². The third-order valence-corrected chi connectivity index (χ3v) is 6.19. The van der Waals surface area contributed by atoms with Crippen LogP contribution in [-0.4, -0.2) is 55.9 Å². The molecule has 0 saturated carbocycles. The summed E-state index contributed by atoms with van der Waals surface area (Å²) in [5.74, 6) is 1.96. The molecule has 1 aliphatic heterocycles. The quantitative estimate of drug-likeness (QED) is 0.447. The number of hydrogen-bond acceptors (Lipinski definition) is 5. The molecular formula is C23H34ClN5O2. The summed E-state index contributed by atoms with van der Waals surface area (Å²) >= 11 is 6.53. The van der Waals surface area contributed by atoms with Crippen molar-refractivity contribution in [2.75, 3.05) is 39.9 Å². The second-order valence-electron chi connectivity index (χ2n) is 7.72. The fourth-order valence-corrected chi connectivity index (χ4v) is 4.23. The monoisotopic (exact) mass is 447 g/mol. The lowest BCUT2D eigenvalue weighted by molar-refractivity contribution is 0.0170. The van der Waals surface area contributed by atoms with Gasteiger partial charge in [0.05, 0.1) is 31.5 Å². The van der Waals surface area contributed by atoms with Gasteiger partial charge in [0.15, 0.2) is 11.7 Å². The molecule has 1 aromatic carbocycles. The van der Waals surface area contributed by atoms with Gasteiger partial charge >= 0.3 is 0 Å². The van der Waals surface area contributed by atoms with Crippen molar-refractivity contribution in [1.29, 1.82) is 0 Å². The molecular weight excluding hydrogens is 414 g/mol. The van der Waals surface area contributed by atoms with Crippen molar-refractivity contribution in [3.63, 3.8) is 0 Å². The van der Waals surface area contributed by atoms with E-state index in [1.165, 1.54) is 0 Å². The van der Waals surface area contributed by atoms with Crippen LogP contribution in [0, 0.1) is 0 Å². The molecule has 2 aromatic rings. The number of rotatable bonds is 9. The number of nitrogens with one attached hydrogen (secondary N) is 2. The number of ether oxygens (including phenoxy) is 1. The van der Waals surface area contributed by atoms with E-state index in [4.69, 9.17) is 20.9 Å². The van der Waals surface area contributed by atoms with Gasteiger partial charge < -0.3 is 19.9 Å². The fourth-order valence-electron chi connectivity index (χ4n) is 3.97. The third-order valence-electron chi connectivity index (χ3n) is 5.85. The summed E-state index contributed by atoms with van der Waals surface area (Å²) in [5.41, 5.74) is 2.13. The van der Waals surface area contributed by atoms with Gasteiger partial charge in [0, 0.05) is 43.7 Å². The Morgan fingerprint density at radius 1 is 1.19 bits per heavy atom. The molecule has 1 aliphatic rings. The van der Waals surface area contributed by atoms with Gasteiger partial charge in [-0.2, -0.15) is 0 Å². The Hall–Kier alpha value is -2.09. The third kappa shape index (κ3) is 6.45. The van der Waals surface area contributed by atoms with Crippen LogP contribution < -0.4 is 10.6 Å². The fraction of sp³-hybridized carbons (Fsp3) is 0.565. The van der Waals surface area contributed by atoms with Crippen LogP contribution in [0.3, 0.4) is 0 Å². The van der Waals surface area contributed by atoms with Crippen molar-refractivity contribution in [1.82, 2.24) is 20.7 Å². The number of benzene rings is 1. The standard InChI is InChI=1S/C23H34ClN5O2/c1-4-17(5-2)21-14-18(31-28-21)15-26-23(25-3)27-16-22(29-10-12-30-13-11-29)19-8-6-7-9-20(19)24/h6-9,14,17,22H,4-5,10-13,15-16H2,1-3H3,(H2,25,26,27). The molecule has 0 amide bonds. The van der Waals surface area contributed by atoms with E-state index in [0.29, 0.717) is 25.0 Å². The lowest BCUT2D eigenvalue weighted by Crippen LogP contribution is -2.46. The van der Waals surface area contributed by atoms with Gasteiger partial charge in [0.1, 0.15) is 0 Å². The number of aromatic nitrogens is 1. The second-order valence-corrected chi connectivity index (χ2v) is 8.13. The molecule has 3 rings (SSSR count). The average molecular weight is 448 g/mol. The average Bonchev–Trinajstić information content (AvgIpc) is 3.27. The molecule has 8 heteroatoms. The molecule has 1 fully saturated rings. The highest BCUT2D eigenvalue weighted by atomic mass is 35.5. The molecule has 1 unspecified atom stereocenters. The largest absolute Gasteiger partial charge is 0.379 e. The van der Waals surface area contributed by atoms with Crippen molar-refractivity contribution in [3.05, 3.63) is 52.4 Å². The first kappa shape index (κ1) is 23.6. The van der Waals surface area contributed by atoms with Gasteiger partial charge in [-0.15, -0.1) is 0 Å². The minimum absolute atomic E-state index is 0.128. The Balaban J connectivity index is 1.61. The van der Waals surface area contributed by atoms with Crippen molar-refractivity contribution in [2.45, 2.75) is 45.2 Å². The maximum atomic E-state index is 6.53. The number of hydrogen-bond donors (Lipinski definition) is 2. The topological polar surface area (TPSA) is 74.9 Å². The first-order valence-corrected chi connectivity index (χ1v) is 11.5. The molecule has 2 N–H and O–H groups in total. The molecule has 7 nitrogen and oxygen atoms in total. The molecule has 0 spiro atoms. The number of aliphatic imine (C=N–C) groups is 1. The van der Waals surface area contributed by atoms with E-state index < -0.39 is 0 Å². The summed E-state index contributed by atoms with van der Waals surface area (Å²) in [6, 6.07) is 10.2. The highest BCUT2D eigenvalue weighted by Crippen LogP contribution is 2.28. The molecule has 31 heavy (non-hydrogen) atoms. The smallest absolute Gasteiger partial charge is 0.191 e. The molecule has 0 bridgehead atoms. The summed E-state index contributed by atoms with van der Waals surface area (Å²) in [4.78, 5) is 6.77. The molecule has 2 heterocycles. The van der Waals surface area contributed by atoms with Crippen molar-refractivity contribution >= 4 is 17.6 Å². The lowest BCUT2D eigenvalue weighted by Gasteiger charge is -2.35. The van der Waals surface area contributed by atoms with Crippen LogP contribution in [0.15, 0.2) is 39.8 Å². The summed E-state index contributed by atoms with van der Waals surface area (Å²) in [6.07, 6.45) is 2.12. The zero-order valence-corrected chi connectivity index (χ0v) is 19.5. The van der Waals surface area contributed by atoms with Gasteiger partial charge in [-0.05, 0) is 24.5 Å². The van der Waals surface area contributed by atoms with Gasteiger partial charge in [0.2, 0.25) is 0 Å². The Morgan fingerprint density at radius 2 is 1.94 bits per heavy atom. The van der Waals surface area contributed by atoms with Crippen LogP contribution in [0.25, 0.3) is 0 Å². The van der Waals surface area contributed by atoms with Crippen LogP contribution in [0.2, 0.25) is 5.02 Å². The van der Waals surface area contributed by atoms with E-state index >= 15 is 0 Å². The minimum Gasteiger partial charge on any atom is -0.379 e. The van der Waals surface area contributed by atoms with Gasteiger partial charge in [0.25, 0.3) is 0 Å². The van der Waals surface area contributed by atoms with E-state index in [2.05, 4.69) is 45.6 Å². The normalized spacial score (nSPS) is 16.5. The van der Waals surface area contributed by atoms with Crippen LogP contribution in [-0.2, 0) is 11.3 Å². The van der Waals surface area contributed by atoms with Crippen LogP contribution in [0.5, 0.6) is 0 Å². The molecule has 1 saturated heterocycles. The Morgan fingerprint density at radius 3 is 2.61 bits per heavy atom. The number of guanidine groups is 1. The minimum atomic E-state index is 0.128. The predicted octanol–water partition coefficient (Wildman–Crippen LogP) is 3.97. The second kappa shape index (κ2) is 12.1. The van der Waals surface area contributed by atoms with Crippen LogP contribution in [0.1, 0.15) is 55.7 Å². The number of nitrogens with zero attached hydrogens (tertiary/aromatic N) is 3. The maximum absolute atomic E-state index is 6.53. The van der Waals surface area contributed by atoms with Crippen LogP contribution >= 0.6 is 11.6 Å². The van der Waals surface area contributed by atoms with E-state index in [-0.39, 0.29) is 6.04 Å². The van der Waals surface area contributed by atoms with E-state index in [9.17, 15) is 0 Å². The summed E-state index contributed by atoms with van der Waals surface area (Å²) in [5, 5.41) is 11.8.